The summed E-state index contributed by atoms with van der Waals surface area (Å²) in [7, 11) is 0. The van der Waals surface area contributed by atoms with Crippen molar-refractivity contribution in [2.24, 2.45) is 5.41 Å². The summed E-state index contributed by atoms with van der Waals surface area (Å²) in [5, 5.41) is 3.40. The summed E-state index contributed by atoms with van der Waals surface area (Å²) in [6, 6.07) is 6.72. The van der Waals surface area contributed by atoms with Crippen LogP contribution in [0.5, 0.6) is 0 Å². The van der Waals surface area contributed by atoms with Crippen LogP contribution in [0.15, 0.2) is 18.2 Å². The highest BCUT2D eigenvalue weighted by Gasteiger charge is 2.30. The Morgan fingerprint density at radius 2 is 1.92 bits per heavy atom. The second-order valence-corrected chi connectivity index (χ2v) is 8.12. The third kappa shape index (κ3) is 3.98. The molecule has 0 spiro atoms. The second-order valence-electron chi connectivity index (χ2n) is 8.12. The third-order valence-electron chi connectivity index (χ3n) is 5.08. The predicted octanol–water partition coefficient (Wildman–Crippen LogP) is 2.46. The van der Waals surface area contributed by atoms with Crippen molar-refractivity contribution in [2.45, 2.75) is 40.0 Å². The molecule has 0 radical (unpaired) electrons. The van der Waals surface area contributed by atoms with Crippen LogP contribution in [0.25, 0.3) is 0 Å². The van der Waals surface area contributed by atoms with Gasteiger partial charge in [-0.15, -0.1) is 0 Å². The first-order valence-corrected chi connectivity index (χ1v) is 9.32. The van der Waals surface area contributed by atoms with Crippen molar-refractivity contribution in [2.75, 3.05) is 44.2 Å². The molecule has 1 aromatic rings. The van der Waals surface area contributed by atoms with Gasteiger partial charge in [0.1, 0.15) is 0 Å². The largest absolute Gasteiger partial charge is 0.314 e. The zero-order chi connectivity index (χ0) is 17.2. The molecule has 1 amide bonds. The lowest BCUT2D eigenvalue weighted by atomic mass is 9.91. The smallest absolute Gasteiger partial charge is 0.232 e. The number of carbonyl (C=O) groups is 1. The van der Waals surface area contributed by atoms with E-state index in [0.29, 0.717) is 0 Å². The molecular formula is C20H31N3O. The number of nitrogens with zero attached hydrogens (tertiary/aromatic N) is 2. The summed E-state index contributed by atoms with van der Waals surface area (Å²) in [5.74, 6) is 0.233. The Bertz CT molecular complexity index is 585. The van der Waals surface area contributed by atoms with Crippen molar-refractivity contribution < 1.29 is 4.79 Å². The molecule has 0 aliphatic carbocycles. The summed E-state index contributed by atoms with van der Waals surface area (Å²) < 4.78 is 0. The van der Waals surface area contributed by atoms with Crippen LogP contribution in [0.4, 0.5) is 5.69 Å². The first kappa shape index (κ1) is 17.4. The van der Waals surface area contributed by atoms with Crippen molar-refractivity contribution in [3.63, 3.8) is 0 Å². The van der Waals surface area contributed by atoms with E-state index in [1.165, 1.54) is 11.1 Å². The number of nitrogens with one attached hydrogen (secondary N) is 1. The zero-order valence-corrected chi connectivity index (χ0v) is 15.4. The Kier molecular flexibility index (Phi) is 5.26. The number of fused-ring (bicyclic) bond motifs is 1. The van der Waals surface area contributed by atoms with Crippen LogP contribution in [-0.4, -0.2) is 50.1 Å². The Morgan fingerprint density at radius 1 is 1.17 bits per heavy atom. The molecular weight excluding hydrogens is 298 g/mol. The van der Waals surface area contributed by atoms with Gasteiger partial charge in [0.15, 0.2) is 0 Å². The Morgan fingerprint density at radius 3 is 2.62 bits per heavy atom. The SMILES string of the molecule is CC(C)(C)C(=O)N1CCCc2cc(CCN3CCNCC3)ccc21. The molecule has 0 atom stereocenters. The van der Waals surface area contributed by atoms with E-state index < -0.39 is 0 Å². The molecule has 0 bridgehead atoms. The van der Waals surface area contributed by atoms with Gasteiger partial charge >= 0.3 is 0 Å². The van der Waals surface area contributed by atoms with Gasteiger partial charge in [-0.1, -0.05) is 32.9 Å². The quantitative estimate of drug-likeness (QED) is 0.925. The molecule has 2 aliphatic heterocycles. The van der Waals surface area contributed by atoms with Crippen LogP contribution in [0.3, 0.4) is 0 Å². The number of rotatable bonds is 3. The minimum absolute atomic E-state index is 0.233. The van der Waals surface area contributed by atoms with Gasteiger partial charge in [0.05, 0.1) is 0 Å². The second kappa shape index (κ2) is 7.24. The number of amides is 1. The van der Waals surface area contributed by atoms with Gasteiger partial charge in [-0.2, -0.15) is 0 Å². The lowest BCUT2D eigenvalue weighted by molar-refractivity contribution is -0.125. The van der Waals surface area contributed by atoms with Gasteiger partial charge in [-0.3, -0.25) is 4.79 Å². The number of hydrogen-bond acceptors (Lipinski definition) is 3. The van der Waals surface area contributed by atoms with Crippen molar-refractivity contribution in [3.8, 4) is 0 Å². The fraction of sp³-hybridized carbons (Fsp3) is 0.650. The Balaban J connectivity index is 1.69. The zero-order valence-electron chi connectivity index (χ0n) is 15.4. The molecule has 1 N–H and O–H groups in total. The van der Waals surface area contributed by atoms with Crippen molar-refractivity contribution in [1.29, 1.82) is 0 Å². The summed E-state index contributed by atoms with van der Waals surface area (Å²) >= 11 is 0. The van der Waals surface area contributed by atoms with E-state index in [1.807, 2.05) is 25.7 Å². The molecule has 24 heavy (non-hydrogen) atoms. The molecule has 0 aromatic heterocycles. The average molecular weight is 329 g/mol. The number of anilines is 1. The van der Waals surface area contributed by atoms with E-state index in [0.717, 1.165) is 64.2 Å². The minimum Gasteiger partial charge on any atom is -0.314 e. The predicted molar refractivity (Wildman–Crippen MR) is 99.6 cm³/mol. The monoisotopic (exact) mass is 329 g/mol. The van der Waals surface area contributed by atoms with Gasteiger partial charge in [0.25, 0.3) is 0 Å². The van der Waals surface area contributed by atoms with Gasteiger partial charge in [0, 0.05) is 50.4 Å². The molecule has 4 heteroatoms. The van der Waals surface area contributed by atoms with Crippen LogP contribution in [0.2, 0.25) is 0 Å². The Hall–Kier alpha value is -1.39. The van der Waals surface area contributed by atoms with Crippen LogP contribution in [0.1, 0.15) is 38.3 Å². The van der Waals surface area contributed by atoms with Gasteiger partial charge < -0.3 is 15.1 Å². The van der Waals surface area contributed by atoms with Crippen molar-refractivity contribution in [3.05, 3.63) is 29.3 Å². The molecule has 1 aromatic carbocycles. The fourth-order valence-corrected chi connectivity index (χ4v) is 3.64. The van der Waals surface area contributed by atoms with Gasteiger partial charge in [-0.25, -0.2) is 0 Å². The number of aryl methyl sites for hydroxylation is 1. The fourth-order valence-electron chi connectivity index (χ4n) is 3.64. The number of hydrogen-bond donors (Lipinski definition) is 1. The number of benzene rings is 1. The topological polar surface area (TPSA) is 35.6 Å². The summed E-state index contributed by atoms with van der Waals surface area (Å²) in [6.45, 7) is 12.5. The molecule has 0 unspecified atom stereocenters. The van der Waals surface area contributed by atoms with E-state index >= 15 is 0 Å². The molecule has 4 nitrogen and oxygen atoms in total. The average Bonchev–Trinajstić information content (AvgIpc) is 2.58. The third-order valence-corrected chi connectivity index (χ3v) is 5.08. The van der Waals surface area contributed by atoms with Gasteiger partial charge in [0.2, 0.25) is 5.91 Å². The van der Waals surface area contributed by atoms with Crippen LogP contribution in [0, 0.1) is 5.41 Å². The molecule has 2 heterocycles. The molecule has 3 rings (SSSR count). The number of carbonyl (C=O) groups excluding carboxylic acids is 1. The van der Waals surface area contributed by atoms with Crippen LogP contribution in [-0.2, 0) is 17.6 Å². The van der Waals surface area contributed by atoms with Gasteiger partial charge in [-0.05, 0) is 36.5 Å². The lowest BCUT2D eigenvalue weighted by Gasteiger charge is -2.34. The first-order chi connectivity index (χ1) is 11.4. The molecule has 0 saturated carbocycles. The Labute approximate surface area is 146 Å². The lowest BCUT2D eigenvalue weighted by Crippen LogP contribution is -2.44. The standard InChI is InChI=1S/C20H31N3O/c1-20(2,3)19(24)23-11-4-5-17-15-16(6-7-18(17)23)8-12-22-13-9-21-10-14-22/h6-7,15,21H,4-5,8-14H2,1-3H3. The van der Waals surface area contributed by atoms with Crippen LogP contribution >= 0.6 is 0 Å². The maximum Gasteiger partial charge on any atom is 0.232 e. The number of piperazine rings is 1. The van der Waals surface area contributed by atoms with E-state index in [1.54, 1.807) is 0 Å². The highest BCUT2D eigenvalue weighted by atomic mass is 16.2. The molecule has 132 valence electrons. The maximum atomic E-state index is 12.7. The van der Waals surface area contributed by atoms with Crippen molar-refractivity contribution >= 4 is 11.6 Å². The molecule has 1 fully saturated rings. The van der Waals surface area contributed by atoms with Crippen LogP contribution < -0.4 is 10.2 Å². The van der Waals surface area contributed by atoms with E-state index in [4.69, 9.17) is 0 Å². The van der Waals surface area contributed by atoms with E-state index in [-0.39, 0.29) is 11.3 Å². The normalized spacial score (nSPS) is 19.2. The minimum atomic E-state index is -0.324. The molecule has 2 aliphatic rings. The highest BCUT2D eigenvalue weighted by Crippen LogP contribution is 2.31. The first-order valence-electron chi connectivity index (χ1n) is 9.32. The van der Waals surface area contributed by atoms with E-state index in [2.05, 4.69) is 28.4 Å². The molecule has 1 saturated heterocycles. The van der Waals surface area contributed by atoms with E-state index in [9.17, 15) is 4.79 Å². The maximum absolute atomic E-state index is 12.7. The highest BCUT2D eigenvalue weighted by molar-refractivity contribution is 5.97. The van der Waals surface area contributed by atoms with Crippen molar-refractivity contribution in [1.82, 2.24) is 10.2 Å². The summed E-state index contributed by atoms with van der Waals surface area (Å²) in [6.07, 6.45) is 3.25. The summed E-state index contributed by atoms with van der Waals surface area (Å²) in [4.78, 5) is 17.2. The summed E-state index contributed by atoms with van der Waals surface area (Å²) in [5.41, 5.74) is 3.55.